The molecule has 3 aromatic carbocycles. The standard InChI is InChI=1S/C30H27Br2N3O6S/c1-39-25-15-20(14-24(32)28(25)41-18-19-2-4-21(31)5-3-19)16-26-29(37)35(30(38)42-26)17-27(36)33-22-6-8-23(9-7-22)34-10-12-40-13-11-34/h2-9,14-16H,10-13,17-18H2,1H3,(H,33,36)/b26-16+. The van der Waals surface area contributed by atoms with Gasteiger partial charge in [0.1, 0.15) is 13.2 Å². The Bertz CT molecular complexity index is 1510. The highest BCUT2D eigenvalue weighted by Crippen LogP contribution is 2.39. The number of hydrogen-bond acceptors (Lipinski definition) is 8. The van der Waals surface area contributed by atoms with Crippen LogP contribution in [-0.4, -0.2) is 61.9 Å². The van der Waals surface area contributed by atoms with Crippen LogP contribution in [0.5, 0.6) is 11.5 Å². The topological polar surface area (TPSA) is 97.4 Å². The number of ether oxygens (including phenoxy) is 3. The van der Waals surface area contributed by atoms with Gasteiger partial charge in [0.25, 0.3) is 11.1 Å². The second kappa shape index (κ2) is 13.8. The fraction of sp³-hybridized carbons (Fsp3) is 0.233. The molecule has 2 saturated heterocycles. The number of halogens is 2. The van der Waals surface area contributed by atoms with Crippen LogP contribution in [0.1, 0.15) is 11.1 Å². The third-order valence-electron chi connectivity index (χ3n) is 6.55. The van der Waals surface area contributed by atoms with Crippen molar-refractivity contribution in [2.24, 2.45) is 0 Å². The summed E-state index contributed by atoms with van der Waals surface area (Å²) < 4.78 is 18.5. The Labute approximate surface area is 264 Å². The summed E-state index contributed by atoms with van der Waals surface area (Å²) in [5.74, 6) is -0.0193. The second-order valence-corrected chi connectivity index (χ2v) is 12.2. The van der Waals surface area contributed by atoms with E-state index in [-0.39, 0.29) is 11.4 Å². The highest BCUT2D eigenvalue weighted by atomic mass is 79.9. The van der Waals surface area contributed by atoms with E-state index in [2.05, 4.69) is 42.1 Å². The van der Waals surface area contributed by atoms with Crippen LogP contribution in [0.4, 0.5) is 16.2 Å². The van der Waals surface area contributed by atoms with Gasteiger partial charge in [-0.3, -0.25) is 19.3 Å². The van der Waals surface area contributed by atoms with Gasteiger partial charge >= 0.3 is 0 Å². The molecule has 0 spiro atoms. The molecule has 0 aliphatic carbocycles. The number of thioether (sulfide) groups is 1. The van der Waals surface area contributed by atoms with Crippen LogP contribution in [0.15, 0.2) is 74.5 Å². The first-order valence-electron chi connectivity index (χ1n) is 13.0. The van der Waals surface area contributed by atoms with Crippen molar-refractivity contribution in [2.75, 3.05) is 50.2 Å². The van der Waals surface area contributed by atoms with Crippen LogP contribution >= 0.6 is 43.6 Å². The molecule has 0 unspecified atom stereocenters. The Hall–Kier alpha value is -3.32. The van der Waals surface area contributed by atoms with E-state index in [9.17, 15) is 14.4 Å². The molecule has 0 atom stereocenters. The van der Waals surface area contributed by atoms with Crippen LogP contribution in [0.3, 0.4) is 0 Å². The number of morpholine rings is 1. The number of benzene rings is 3. The van der Waals surface area contributed by atoms with Crippen molar-refractivity contribution in [3.8, 4) is 11.5 Å². The van der Waals surface area contributed by atoms with Gasteiger partial charge in [-0.25, -0.2) is 0 Å². The predicted molar refractivity (Wildman–Crippen MR) is 170 cm³/mol. The number of rotatable bonds is 9. The van der Waals surface area contributed by atoms with E-state index in [4.69, 9.17) is 14.2 Å². The van der Waals surface area contributed by atoms with Gasteiger partial charge in [-0.1, -0.05) is 28.1 Å². The average Bonchev–Trinajstić information content (AvgIpc) is 3.25. The molecule has 42 heavy (non-hydrogen) atoms. The zero-order valence-corrected chi connectivity index (χ0v) is 26.6. The van der Waals surface area contributed by atoms with E-state index in [0.29, 0.717) is 47.0 Å². The molecule has 218 valence electrons. The summed E-state index contributed by atoms with van der Waals surface area (Å²) in [4.78, 5) is 41.8. The number of imide groups is 1. The monoisotopic (exact) mass is 715 g/mol. The molecule has 2 fully saturated rings. The third kappa shape index (κ3) is 7.35. The number of nitrogens with one attached hydrogen (secondary N) is 1. The van der Waals surface area contributed by atoms with Gasteiger partial charge in [0.05, 0.1) is 29.7 Å². The lowest BCUT2D eigenvalue weighted by molar-refractivity contribution is -0.127. The average molecular weight is 717 g/mol. The minimum absolute atomic E-state index is 0.208. The predicted octanol–water partition coefficient (Wildman–Crippen LogP) is 6.31. The molecular weight excluding hydrogens is 690 g/mol. The summed E-state index contributed by atoms with van der Waals surface area (Å²) in [6.45, 7) is 2.94. The van der Waals surface area contributed by atoms with Crippen molar-refractivity contribution < 1.29 is 28.6 Å². The number of carbonyl (C=O) groups is 3. The fourth-order valence-electron chi connectivity index (χ4n) is 4.41. The van der Waals surface area contributed by atoms with E-state index in [0.717, 1.165) is 45.5 Å². The summed E-state index contributed by atoms with van der Waals surface area (Å²) in [5, 5.41) is 2.25. The molecule has 3 amide bonds. The first kappa shape index (κ1) is 30.1. The molecular formula is C30H27Br2N3O6S. The third-order valence-corrected chi connectivity index (χ3v) is 8.57. The van der Waals surface area contributed by atoms with E-state index in [1.165, 1.54) is 7.11 Å². The number of hydrogen-bond donors (Lipinski definition) is 1. The van der Waals surface area contributed by atoms with Gasteiger partial charge in [0.15, 0.2) is 11.5 Å². The van der Waals surface area contributed by atoms with Crippen LogP contribution < -0.4 is 19.7 Å². The largest absolute Gasteiger partial charge is 0.493 e. The maximum absolute atomic E-state index is 13.1. The molecule has 9 nitrogen and oxygen atoms in total. The van der Waals surface area contributed by atoms with Crippen LogP contribution in [0.25, 0.3) is 6.08 Å². The van der Waals surface area contributed by atoms with Crippen molar-refractivity contribution in [3.05, 3.63) is 85.6 Å². The molecule has 0 radical (unpaired) electrons. The maximum atomic E-state index is 13.1. The van der Waals surface area contributed by atoms with Crippen molar-refractivity contribution in [2.45, 2.75) is 6.61 Å². The quantitative estimate of drug-likeness (QED) is 0.258. The maximum Gasteiger partial charge on any atom is 0.294 e. The SMILES string of the molecule is COc1cc(/C=C2/SC(=O)N(CC(=O)Nc3ccc(N4CCOCC4)cc3)C2=O)cc(Br)c1OCc1ccc(Br)cc1. The lowest BCUT2D eigenvalue weighted by atomic mass is 10.1. The number of carbonyl (C=O) groups excluding carboxylic acids is 3. The Morgan fingerprint density at radius 3 is 2.45 bits per heavy atom. The number of methoxy groups -OCH3 is 1. The van der Waals surface area contributed by atoms with Crippen LogP contribution in [0.2, 0.25) is 0 Å². The highest BCUT2D eigenvalue weighted by Gasteiger charge is 2.36. The van der Waals surface area contributed by atoms with Crippen molar-refractivity contribution in [1.29, 1.82) is 0 Å². The minimum atomic E-state index is -0.534. The summed E-state index contributed by atoms with van der Waals surface area (Å²) >= 11 is 7.74. The minimum Gasteiger partial charge on any atom is -0.493 e. The van der Waals surface area contributed by atoms with Gasteiger partial charge in [0, 0.05) is 28.9 Å². The zero-order valence-electron chi connectivity index (χ0n) is 22.6. The van der Waals surface area contributed by atoms with Gasteiger partial charge in [-0.05, 0) is 93.4 Å². The van der Waals surface area contributed by atoms with Crippen molar-refractivity contribution in [3.63, 3.8) is 0 Å². The van der Waals surface area contributed by atoms with Gasteiger partial charge < -0.3 is 24.4 Å². The Morgan fingerprint density at radius 1 is 1.05 bits per heavy atom. The van der Waals surface area contributed by atoms with Gasteiger partial charge in [-0.15, -0.1) is 0 Å². The van der Waals surface area contributed by atoms with Crippen molar-refractivity contribution >= 4 is 78.1 Å². The van der Waals surface area contributed by atoms with Crippen LogP contribution in [-0.2, 0) is 20.9 Å². The molecule has 3 aromatic rings. The second-order valence-electron chi connectivity index (χ2n) is 9.41. The van der Waals surface area contributed by atoms with Crippen LogP contribution in [0, 0.1) is 0 Å². The molecule has 2 aliphatic rings. The number of anilines is 2. The van der Waals surface area contributed by atoms with E-state index in [1.54, 1.807) is 30.3 Å². The van der Waals surface area contributed by atoms with E-state index in [1.807, 2.05) is 36.4 Å². The molecule has 0 bridgehead atoms. The normalized spacial score (nSPS) is 16.2. The highest BCUT2D eigenvalue weighted by molar-refractivity contribution is 9.10. The molecule has 0 saturated carbocycles. The molecule has 1 N–H and O–H groups in total. The lowest BCUT2D eigenvalue weighted by Crippen LogP contribution is -2.36. The first-order valence-corrected chi connectivity index (χ1v) is 15.4. The molecule has 2 aliphatic heterocycles. The molecule has 5 rings (SSSR count). The fourth-order valence-corrected chi connectivity index (χ4v) is 6.09. The van der Waals surface area contributed by atoms with E-state index < -0.39 is 17.1 Å². The molecule has 2 heterocycles. The first-order chi connectivity index (χ1) is 20.3. The summed E-state index contributed by atoms with van der Waals surface area (Å²) in [6.07, 6.45) is 1.60. The van der Waals surface area contributed by atoms with Gasteiger partial charge in [-0.2, -0.15) is 0 Å². The molecule has 12 heteroatoms. The summed E-state index contributed by atoms with van der Waals surface area (Å²) in [6, 6.07) is 18.7. The van der Waals surface area contributed by atoms with Crippen molar-refractivity contribution in [1.82, 2.24) is 4.90 Å². The Kier molecular flexibility index (Phi) is 9.88. The summed E-state index contributed by atoms with van der Waals surface area (Å²) in [7, 11) is 1.53. The van der Waals surface area contributed by atoms with E-state index >= 15 is 0 Å². The summed E-state index contributed by atoms with van der Waals surface area (Å²) in [5.41, 5.74) is 3.24. The zero-order chi connectivity index (χ0) is 29.6. The Balaban J connectivity index is 1.22. The molecule has 0 aromatic heterocycles. The number of nitrogens with zero attached hydrogens (tertiary/aromatic N) is 2. The smallest absolute Gasteiger partial charge is 0.294 e. The van der Waals surface area contributed by atoms with Gasteiger partial charge in [0.2, 0.25) is 5.91 Å². The Morgan fingerprint density at radius 2 is 1.76 bits per heavy atom. The number of amides is 3. The lowest BCUT2D eigenvalue weighted by Gasteiger charge is -2.28.